The van der Waals surface area contributed by atoms with E-state index in [2.05, 4.69) is 20.8 Å². The van der Waals surface area contributed by atoms with Crippen LogP contribution in [0.1, 0.15) is 48.4 Å². The Hall–Kier alpha value is -2.62. The molecule has 4 nitrogen and oxygen atoms in total. The van der Waals surface area contributed by atoms with E-state index in [-0.39, 0.29) is 11.3 Å². The van der Waals surface area contributed by atoms with E-state index in [9.17, 15) is 9.59 Å². The minimum Gasteiger partial charge on any atom is -0.444 e. The van der Waals surface area contributed by atoms with Crippen molar-refractivity contribution in [1.29, 1.82) is 0 Å². The summed E-state index contributed by atoms with van der Waals surface area (Å²) >= 11 is 0. The molecule has 25 heavy (non-hydrogen) atoms. The maximum Gasteiger partial charge on any atom is 0.339 e. The largest absolute Gasteiger partial charge is 0.444 e. The Bertz CT molecular complexity index is 728. The molecule has 2 aromatic rings. The number of ether oxygens (including phenoxy) is 1. The first kappa shape index (κ1) is 18.7. The summed E-state index contributed by atoms with van der Waals surface area (Å²) in [5.74, 6) is -0.782. The van der Waals surface area contributed by atoms with Crippen LogP contribution in [-0.2, 0) is 14.9 Å². The normalized spacial score (nSPS) is 12.4. The van der Waals surface area contributed by atoms with Gasteiger partial charge in [-0.1, -0.05) is 63.2 Å². The quantitative estimate of drug-likeness (QED) is 0.792. The van der Waals surface area contributed by atoms with Crippen molar-refractivity contribution < 1.29 is 14.3 Å². The molecule has 0 aliphatic carbocycles. The van der Waals surface area contributed by atoms with Gasteiger partial charge in [0.05, 0.1) is 5.56 Å². The van der Waals surface area contributed by atoms with Crippen molar-refractivity contribution in [3.63, 3.8) is 0 Å². The van der Waals surface area contributed by atoms with E-state index in [0.29, 0.717) is 11.1 Å². The van der Waals surface area contributed by atoms with Crippen LogP contribution in [0.5, 0.6) is 0 Å². The monoisotopic (exact) mass is 339 g/mol. The predicted molar refractivity (Wildman–Crippen MR) is 98.4 cm³/mol. The maximum atomic E-state index is 12.5. The van der Waals surface area contributed by atoms with Gasteiger partial charge in [-0.05, 0) is 23.1 Å². The van der Waals surface area contributed by atoms with Crippen LogP contribution in [0.3, 0.4) is 0 Å². The molecule has 1 atom stereocenters. The number of nitrogens with zero attached hydrogens (tertiary/aromatic N) is 1. The first-order chi connectivity index (χ1) is 11.7. The van der Waals surface area contributed by atoms with Gasteiger partial charge in [-0.2, -0.15) is 0 Å². The first-order valence-corrected chi connectivity index (χ1v) is 8.28. The molecule has 0 aromatic heterocycles. The van der Waals surface area contributed by atoms with Gasteiger partial charge in [0.2, 0.25) is 6.10 Å². The molecule has 0 saturated heterocycles. The average molecular weight is 339 g/mol. The molecule has 0 aliphatic heterocycles. The fourth-order valence-electron chi connectivity index (χ4n) is 2.40. The molecule has 0 heterocycles. The van der Waals surface area contributed by atoms with Gasteiger partial charge in [-0.3, -0.25) is 4.79 Å². The standard InChI is InChI=1S/C21H25NO3/c1-21(2,3)17-13-11-16(12-14-17)20(24)25-18(19(23)22(4)5)15-9-7-6-8-10-15/h6-14,18H,1-5H3/t18-/m0/s1. The number of hydrogen-bond donors (Lipinski definition) is 0. The molecule has 2 aromatic carbocycles. The van der Waals surface area contributed by atoms with Crippen molar-refractivity contribution in [1.82, 2.24) is 4.90 Å². The van der Waals surface area contributed by atoms with E-state index in [0.717, 1.165) is 5.56 Å². The third-order valence-corrected chi connectivity index (χ3v) is 3.98. The highest BCUT2D eigenvalue weighted by Gasteiger charge is 2.27. The summed E-state index contributed by atoms with van der Waals surface area (Å²) in [4.78, 5) is 26.4. The molecule has 0 saturated carbocycles. The van der Waals surface area contributed by atoms with Crippen LogP contribution in [0.2, 0.25) is 0 Å². The molecule has 1 amide bonds. The number of benzene rings is 2. The van der Waals surface area contributed by atoms with E-state index >= 15 is 0 Å². The predicted octanol–water partition coefficient (Wildman–Crippen LogP) is 3.97. The molecule has 4 heteroatoms. The van der Waals surface area contributed by atoms with Crippen LogP contribution in [0, 0.1) is 0 Å². The van der Waals surface area contributed by atoms with Gasteiger partial charge in [-0.15, -0.1) is 0 Å². The van der Waals surface area contributed by atoms with E-state index in [4.69, 9.17) is 4.74 Å². The van der Waals surface area contributed by atoms with Crippen LogP contribution in [0.25, 0.3) is 0 Å². The van der Waals surface area contributed by atoms with Gasteiger partial charge >= 0.3 is 5.97 Å². The van der Waals surface area contributed by atoms with Crippen LogP contribution in [0.4, 0.5) is 0 Å². The Morgan fingerprint density at radius 3 is 1.96 bits per heavy atom. The topological polar surface area (TPSA) is 46.6 Å². The van der Waals surface area contributed by atoms with Gasteiger partial charge in [0.1, 0.15) is 0 Å². The summed E-state index contributed by atoms with van der Waals surface area (Å²) in [5, 5.41) is 0. The van der Waals surface area contributed by atoms with Crippen molar-refractivity contribution >= 4 is 11.9 Å². The molecule has 2 rings (SSSR count). The van der Waals surface area contributed by atoms with Gasteiger partial charge in [0, 0.05) is 19.7 Å². The Kier molecular flexibility index (Phi) is 5.62. The number of carbonyl (C=O) groups is 2. The zero-order valence-electron chi connectivity index (χ0n) is 15.4. The number of likely N-dealkylation sites (N-methyl/N-ethyl adjacent to an activating group) is 1. The second-order valence-corrected chi connectivity index (χ2v) is 7.26. The summed E-state index contributed by atoms with van der Waals surface area (Å²) in [7, 11) is 3.29. The highest BCUT2D eigenvalue weighted by atomic mass is 16.5. The Balaban J connectivity index is 2.24. The summed E-state index contributed by atoms with van der Waals surface area (Å²) in [6.07, 6.45) is -0.953. The first-order valence-electron chi connectivity index (χ1n) is 8.28. The molecular weight excluding hydrogens is 314 g/mol. The lowest BCUT2D eigenvalue weighted by molar-refractivity contribution is -0.138. The second kappa shape index (κ2) is 7.51. The molecule has 0 spiro atoms. The van der Waals surface area contributed by atoms with E-state index in [1.807, 2.05) is 30.3 Å². The van der Waals surface area contributed by atoms with Crippen molar-refractivity contribution in [2.75, 3.05) is 14.1 Å². The van der Waals surface area contributed by atoms with Crippen molar-refractivity contribution in [2.24, 2.45) is 0 Å². The molecule has 0 unspecified atom stereocenters. The van der Waals surface area contributed by atoms with Gasteiger partial charge in [0.25, 0.3) is 5.91 Å². The maximum absolute atomic E-state index is 12.5. The van der Waals surface area contributed by atoms with E-state index < -0.39 is 12.1 Å². The summed E-state index contributed by atoms with van der Waals surface area (Å²) < 4.78 is 5.54. The molecule has 0 fully saturated rings. The highest BCUT2D eigenvalue weighted by Crippen LogP contribution is 2.24. The minimum absolute atomic E-state index is 0.00982. The molecule has 0 bridgehead atoms. The molecule has 0 aliphatic rings. The van der Waals surface area contributed by atoms with Crippen molar-refractivity contribution in [3.8, 4) is 0 Å². The fourth-order valence-corrected chi connectivity index (χ4v) is 2.40. The lowest BCUT2D eigenvalue weighted by Gasteiger charge is -2.22. The van der Waals surface area contributed by atoms with Crippen LogP contribution >= 0.6 is 0 Å². The van der Waals surface area contributed by atoms with Gasteiger partial charge in [-0.25, -0.2) is 4.79 Å². The smallest absolute Gasteiger partial charge is 0.339 e. The zero-order valence-corrected chi connectivity index (χ0v) is 15.4. The highest BCUT2D eigenvalue weighted by molar-refractivity contribution is 5.92. The lowest BCUT2D eigenvalue weighted by Crippen LogP contribution is -2.31. The molecule has 132 valence electrons. The van der Waals surface area contributed by atoms with Crippen molar-refractivity contribution in [3.05, 3.63) is 71.3 Å². The lowest BCUT2D eigenvalue weighted by atomic mass is 9.87. The van der Waals surface area contributed by atoms with Crippen LogP contribution in [0.15, 0.2) is 54.6 Å². The van der Waals surface area contributed by atoms with Crippen LogP contribution in [-0.4, -0.2) is 30.9 Å². The third kappa shape index (κ3) is 4.69. The number of rotatable bonds is 4. The Morgan fingerprint density at radius 2 is 1.48 bits per heavy atom. The number of hydrogen-bond acceptors (Lipinski definition) is 3. The molecular formula is C21H25NO3. The van der Waals surface area contributed by atoms with Gasteiger partial charge < -0.3 is 9.64 Å². The molecule has 0 N–H and O–H groups in total. The molecule has 0 radical (unpaired) electrons. The summed E-state index contributed by atoms with van der Waals surface area (Å²) in [6.45, 7) is 6.34. The Labute approximate surface area is 149 Å². The number of carbonyl (C=O) groups excluding carboxylic acids is 2. The summed E-state index contributed by atoms with van der Waals surface area (Å²) in [5.41, 5.74) is 2.23. The van der Waals surface area contributed by atoms with E-state index in [1.165, 1.54) is 4.90 Å². The number of esters is 1. The van der Waals surface area contributed by atoms with Gasteiger partial charge in [0.15, 0.2) is 0 Å². The van der Waals surface area contributed by atoms with Crippen molar-refractivity contribution in [2.45, 2.75) is 32.3 Å². The van der Waals surface area contributed by atoms with E-state index in [1.54, 1.807) is 38.4 Å². The minimum atomic E-state index is -0.953. The fraction of sp³-hybridized carbons (Fsp3) is 0.333. The Morgan fingerprint density at radius 1 is 0.920 bits per heavy atom. The number of amides is 1. The summed E-state index contributed by atoms with van der Waals surface area (Å²) in [6, 6.07) is 16.4. The second-order valence-electron chi connectivity index (χ2n) is 7.26. The van der Waals surface area contributed by atoms with Crippen LogP contribution < -0.4 is 0 Å². The third-order valence-electron chi connectivity index (χ3n) is 3.98. The zero-order chi connectivity index (χ0) is 18.6. The SMILES string of the molecule is CN(C)C(=O)[C@@H](OC(=O)c1ccc(C(C)(C)C)cc1)c1ccccc1. The average Bonchev–Trinajstić information content (AvgIpc) is 2.59.